The first-order chi connectivity index (χ1) is 9.13. The van der Waals surface area contributed by atoms with Crippen molar-refractivity contribution in [3.63, 3.8) is 0 Å². The third-order valence-corrected chi connectivity index (χ3v) is 3.16. The molecule has 0 aromatic carbocycles. The highest BCUT2D eigenvalue weighted by Gasteiger charge is 2.15. The Morgan fingerprint density at radius 3 is 3.11 bits per heavy atom. The van der Waals surface area contributed by atoms with E-state index in [2.05, 4.69) is 15.7 Å². The highest BCUT2D eigenvalue weighted by atomic mass is 16.4. The zero-order valence-corrected chi connectivity index (χ0v) is 10.6. The highest BCUT2D eigenvalue weighted by molar-refractivity contribution is 5.90. The summed E-state index contributed by atoms with van der Waals surface area (Å²) in [5, 5.41) is 18.5. The highest BCUT2D eigenvalue weighted by Crippen LogP contribution is 2.15. The maximum absolute atomic E-state index is 11.7. The summed E-state index contributed by atoms with van der Waals surface area (Å²) in [5.41, 5.74) is 0.538. The van der Waals surface area contributed by atoms with Crippen molar-refractivity contribution in [2.45, 2.75) is 25.8 Å². The maximum atomic E-state index is 11.7. The predicted molar refractivity (Wildman–Crippen MR) is 68.7 cm³/mol. The van der Waals surface area contributed by atoms with E-state index in [9.17, 15) is 9.59 Å². The molecule has 1 aliphatic rings. The monoisotopic (exact) mass is 266 g/mol. The van der Waals surface area contributed by atoms with Crippen LogP contribution in [0.15, 0.2) is 12.4 Å². The van der Waals surface area contributed by atoms with E-state index in [0.717, 1.165) is 25.9 Å². The normalized spacial score (nSPS) is 18.4. The summed E-state index contributed by atoms with van der Waals surface area (Å²) in [5.74, 6) is -0.433. The van der Waals surface area contributed by atoms with Gasteiger partial charge in [-0.25, -0.2) is 0 Å². The largest absolute Gasteiger partial charge is 0.480 e. The number of nitrogens with zero attached hydrogens (tertiary/aromatic N) is 2. The Hall–Kier alpha value is -1.89. The van der Waals surface area contributed by atoms with Gasteiger partial charge < -0.3 is 15.7 Å². The molecule has 1 fully saturated rings. The van der Waals surface area contributed by atoms with Gasteiger partial charge in [-0.1, -0.05) is 0 Å². The molecule has 2 rings (SSSR count). The van der Waals surface area contributed by atoms with Crippen molar-refractivity contribution < 1.29 is 14.7 Å². The van der Waals surface area contributed by atoms with Gasteiger partial charge in [0, 0.05) is 12.6 Å². The fourth-order valence-corrected chi connectivity index (χ4v) is 2.17. The van der Waals surface area contributed by atoms with Crippen molar-refractivity contribution in [1.29, 1.82) is 0 Å². The first-order valence-electron chi connectivity index (χ1n) is 6.38. The number of aliphatic carboxylic acids is 1. The first kappa shape index (κ1) is 13.5. The average molecular weight is 266 g/mol. The van der Waals surface area contributed by atoms with E-state index in [1.54, 1.807) is 0 Å². The molecular formula is C12H18N4O3. The number of rotatable bonds is 6. The van der Waals surface area contributed by atoms with Crippen LogP contribution in [0.3, 0.4) is 0 Å². The van der Waals surface area contributed by atoms with Crippen molar-refractivity contribution in [2.24, 2.45) is 5.92 Å². The Balaban J connectivity index is 1.74. The third kappa shape index (κ3) is 4.36. The van der Waals surface area contributed by atoms with E-state index >= 15 is 0 Å². The molecule has 0 spiro atoms. The molecule has 1 saturated heterocycles. The lowest BCUT2D eigenvalue weighted by molar-refractivity contribution is -0.137. The second-order valence-electron chi connectivity index (χ2n) is 4.77. The molecule has 1 atom stereocenters. The van der Waals surface area contributed by atoms with Crippen molar-refractivity contribution >= 4 is 17.6 Å². The molecule has 1 aliphatic heterocycles. The molecule has 1 aromatic heterocycles. The number of carbonyl (C=O) groups is 2. The van der Waals surface area contributed by atoms with Gasteiger partial charge in [-0.3, -0.25) is 14.3 Å². The summed E-state index contributed by atoms with van der Waals surface area (Å²) in [4.78, 5) is 22.2. The number of carboxylic acid groups (broad SMARTS) is 1. The number of carbonyl (C=O) groups excluding carboxylic acids is 1. The Morgan fingerprint density at radius 1 is 1.58 bits per heavy atom. The van der Waals surface area contributed by atoms with Crippen LogP contribution < -0.4 is 10.6 Å². The fourth-order valence-electron chi connectivity index (χ4n) is 2.17. The Morgan fingerprint density at radius 2 is 2.42 bits per heavy atom. The molecule has 0 aliphatic carbocycles. The molecule has 0 bridgehead atoms. The summed E-state index contributed by atoms with van der Waals surface area (Å²) in [7, 11) is 0. The molecule has 0 radical (unpaired) electrons. The van der Waals surface area contributed by atoms with Crippen LogP contribution in [-0.2, 0) is 16.1 Å². The van der Waals surface area contributed by atoms with Crippen LogP contribution in [0.5, 0.6) is 0 Å². The molecule has 19 heavy (non-hydrogen) atoms. The second kappa shape index (κ2) is 6.33. The van der Waals surface area contributed by atoms with Gasteiger partial charge in [0.2, 0.25) is 5.91 Å². The zero-order chi connectivity index (χ0) is 13.7. The Bertz CT molecular complexity index is 452. The van der Waals surface area contributed by atoms with Gasteiger partial charge in [-0.05, 0) is 31.8 Å². The predicted octanol–water partition coefficient (Wildman–Crippen LogP) is 0.296. The van der Waals surface area contributed by atoms with Crippen LogP contribution in [0.25, 0.3) is 0 Å². The van der Waals surface area contributed by atoms with Crippen molar-refractivity contribution in [3.05, 3.63) is 12.4 Å². The number of carboxylic acids is 1. The van der Waals surface area contributed by atoms with Crippen LogP contribution in [0.2, 0.25) is 0 Å². The smallest absolute Gasteiger partial charge is 0.325 e. The van der Waals surface area contributed by atoms with Crippen LogP contribution in [0.1, 0.15) is 19.3 Å². The van der Waals surface area contributed by atoms with E-state index in [4.69, 9.17) is 5.11 Å². The molecule has 2 heterocycles. The molecule has 1 aromatic rings. The minimum Gasteiger partial charge on any atom is -0.480 e. The van der Waals surface area contributed by atoms with Crippen molar-refractivity contribution in [3.8, 4) is 0 Å². The Kier molecular flexibility index (Phi) is 4.51. The number of aromatic nitrogens is 2. The third-order valence-electron chi connectivity index (χ3n) is 3.16. The topological polar surface area (TPSA) is 96.2 Å². The minimum atomic E-state index is -0.963. The van der Waals surface area contributed by atoms with Gasteiger partial charge in [-0.2, -0.15) is 5.10 Å². The molecule has 1 amide bonds. The summed E-state index contributed by atoms with van der Waals surface area (Å²) >= 11 is 0. The quantitative estimate of drug-likeness (QED) is 0.688. The van der Waals surface area contributed by atoms with E-state index < -0.39 is 5.97 Å². The van der Waals surface area contributed by atoms with Gasteiger partial charge >= 0.3 is 5.97 Å². The maximum Gasteiger partial charge on any atom is 0.325 e. The molecule has 104 valence electrons. The second-order valence-corrected chi connectivity index (χ2v) is 4.77. The minimum absolute atomic E-state index is 0.0539. The number of nitrogens with one attached hydrogen (secondary N) is 2. The van der Waals surface area contributed by atoms with Gasteiger partial charge in [-0.15, -0.1) is 0 Å². The van der Waals surface area contributed by atoms with Gasteiger partial charge in [0.25, 0.3) is 0 Å². The summed E-state index contributed by atoms with van der Waals surface area (Å²) in [6, 6.07) is 0. The summed E-state index contributed by atoms with van der Waals surface area (Å²) in [6.45, 7) is 1.82. The van der Waals surface area contributed by atoms with Crippen LogP contribution in [-0.4, -0.2) is 39.9 Å². The molecule has 0 saturated carbocycles. The van der Waals surface area contributed by atoms with Gasteiger partial charge in [0.1, 0.15) is 6.54 Å². The molecule has 7 heteroatoms. The number of amides is 1. The van der Waals surface area contributed by atoms with Gasteiger partial charge in [0.05, 0.1) is 11.9 Å². The molecule has 3 N–H and O–H groups in total. The summed E-state index contributed by atoms with van der Waals surface area (Å²) in [6.07, 6.45) is 5.46. The van der Waals surface area contributed by atoms with E-state index in [-0.39, 0.29) is 12.5 Å². The van der Waals surface area contributed by atoms with Gasteiger partial charge in [0.15, 0.2) is 0 Å². The standard InChI is InChI=1S/C12H18N4O3/c17-11(2-1-9-3-4-13-5-9)15-10-6-14-16(7-10)8-12(18)19/h6-7,9,13H,1-5,8H2,(H,15,17)(H,18,19). The molecule has 1 unspecified atom stereocenters. The van der Waals surface area contributed by atoms with E-state index in [1.165, 1.54) is 17.1 Å². The van der Waals surface area contributed by atoms with Crippen molar-refractivity contribution in [1.82, 2.24) is 15.1 Å². The molecular weight excluding hydrogens is 248 g/mol. The first-order valence-corrected chi connectivity index (χ1v) is 6.38. The lowest BCUT2D eigenvalue weighted by atomic mass is 10.0. The van der Waals surface area contributed by atoms with E-state index in [1.807, 2.05) is 0 Å². The number of hydrogen-bond donors (Lipinski definition) is 3. The van der Waals surface area contributed by atoms with E-state index in [0.29, 0.717) is 18.0 Å². The number of anilines is 1. The molecule has 7 nitrogen and oxygen atoms in total. The van der Waals surface area contributed by atoms with Crippen LogP contribution >= 0.6 is 0 Å². The Labute approximate surface area is 111 Å². The van der Waals surface area contributed by atoms with Crippen molar-refractivity contribution in [2.75, 3.05) is 18.4 Å². The number of hydrogen-bond acceptors (Lipinski definition) is 4. The SMILES string of the molecule is O=C(O)Cn1cc(NC(=O)CCC2CCNC2)cn1. The van der Waals surface area contributed by atoms with Crippen LogP contribution in [0, 0.1) is 5.92 Å². The van der Waals surface area contributed by atoms with Crippen LogP contribution in [0.4, 0.5) is 5.69 Å². The lowest BCUT2D eigenvalue weighted by Gasteiger charge is -2.07. The lowest BCUT2D eigenvalue weighted by Crippen LogP contribution is -2.14. The fraction of sp³-hybridized carbons (Fsp3) is 0.583. The zero-order valence-electron chi connectivity index (χ0n) is 10.6. The summed E-state index contributed by atoms with van der Waals surface area (Å²) < 4.78 is 1.28. The average Bonchev–Trinajstić information content (AvgIpc) is 2.97.